The second-order valence-electron chi connectivity index (χ2n) is 4.62. The zero-order valence-electron chi connectivity index (χ0n) is 10.0. The Morgan fingerprint density at radius 1 is 1.31 bits per heavy atom. The third-order valence-corrected chi connectivity index (χ3v) is 3.16. The molecule has 0 spiro atoms. The highest BCUT2D eigenvalue weighted by Crippen LogP contribution is 2.26. The van der Waals surface area contributed by atoms with E-state index in [0.29, 0.717) is 0 Å². The van der Waals surface area contributed by atoms with Crippen LogP contribution in [0.1, 0.15) is 32.8 Å². The van der Waals surface area contributed by atoms with Crippen molar-refractivity contribution in [2.24, 2.45) is 0 Å². The summed E-state index contributed by atoms with van der Waals surface area (Å²) in [6.07, 6.45) is 8.71. The Hall–Kier alpha value is -1.64. The summed E-state index contributed by atoms with van der Waals surface area (Å²) in [7, 11) is 0. The molecule has 2 aromatic rings. The summed E-state index contributed by atoms with van der Waals surface area (Å²) in [5.41, 5.74) is 2.44. The zero-order chi connectivity index (χ0) is 11.6. The maximum absolute atomic E-state index is 4.38. The topological polar surface area (TPSA) is 30.7 Å². The molecule has 0 aliphatic rings. The summed E-state index contributed by atoms with van der Waals surface area (Å²) < 4.78 is 1.87. The molecule has 0 fully saturated rings. The minimum Gasteiger partial charge on any atom is -0.262 e. The lowest BCUT2D eigenvalue weighted by atomic mass is 9.84. The molecule has 16 heavy (non-hydrogen) atoms. The minimum atomic E-state index is 0.181. The molecule has 0 unspecified atom stereocenters. The van der Waals surface area contributed by atoms with Crippen LogP contribution in [-0.4, -0.2) is 14.8 Å². The van der Waals surface area contributed by atoms with Gasteiger partial charge in [0.1, 0.15) is 0 Å². The predicted molar refractivity (Wildman–Crippen MR) is 64.7 cm³/mol. The number of pyridine rings is 1. The molecule has 0 aromatic carbocycles. The Balaban J connectivity index is 2.34. The van der Waals surface area contributed by atoms with E-state index in [4.69, 9.17) is 0 Å². The SMILES string of the molecule is CCC(C)(C)c1cnn(-c2cccnc2)c1. The number of hydrogen-bond acceptors (Lipinski definition) is 2. The zero-order valence-corrected chi connectivity index (χ0v) is 10.0. The molecular weight excluding hydrogens is 198 g/mol. The molecule has 0 amide bonds. The lowest BCUT2D eigenvalue weighted by Crippen LogP contribution is -2.14. The quantitative estimate of drug-likeness (QED) is 0.788. The molecule has 0 aliphatic carbocycles. The van der Waals surface area contributed by atoms with Crippen molar-refractivity contribution in [1.82, 2.24) is 14.8 Å². The number of nitrogens with zero attached hydrogens (tertiary/aromatic N) is 3. The first kappa shape index (κ1) is 10.9. The monoisotopic (exact) mass is 215 g/mol. The molecule has 0 saturated heterocycles. The fourth-order valence-corrected chi connectivity index (χ4v) is 1.51. The Bertz CT molecular complexity index is 457. The average molecular weight is 215 g/mol. The van der Waals surface area contributed by atoms with E-state index < -0.39 is 0 Å². The Kier molecular flexibility index (Phi) is 2.77. The average Bonchev–Trinajstić information content (AvgIpc) is 2.80. The van der Waals surface area contributed by atoms with Crippen molar-refractivity contribution < 1.29 is 0 Å². The molecule has 0 atom stereocenters. The lowest BCUT2D eigenvalue weighted by Gasteiger charge is -2.20. The van der Waals surface area contributed by atoms with E-state index in [-0.39, 0.29) is 5.41 Å². The van der Waals surface area contributed by atoms with Crippen molar-refractivity contribution in [3.63, 3.8) is 0 Å². The van der Waals surface area contributed by atoms with Gasteiger partial charge in [-0.2, -0.15) is 5.10 Å². The Morgan fingerprint density at radius 2 is 2.12 bits per heavy atom. The van der Waals surface area contributed by atoms with Gasteiger partial charge in [-0.3, -0.25) is 4.98 Å². The maximum atomic E-state index is 4.38. The predicted octanol–water partition coefficient (Wildman–Crippen LogP) is 2.95. The van der Waals surface area contributed by atoms with Crippen LogP contribution in [0.2, 0.25) is 0 Å². The van der Waals surface area contributed by atoms with Gasteiger partial charge >= 0.3 is 0 Å². The van der Waals surface area contributed by atoms with Crippen molar-refractivity contribution in [3.05, 3.63) is 42.5 Å². The Morgan fingerprint density at radius 3 is 2.75 bits per heavy atom. The van der Waals surface area contributed by atoms with Crippen molar-refractivity contribution in [2.45, 2.75) is 32.6 Å². The van der Waals surface area contributed by atoms with Gasteiger partial charge in [0.25, 0.3) is 0 Å². The van der Waals surface area contributed by atoms with E-state index in [2.05, 4.69) is 37.1 Å². The Labute approximate surface area is 96.1 Å². The fourth-order valence-electron chi connectivity index (χ4n) is 1.51. The van der Waals surface area contributed by atoms with Gasteiger partial charge in [0.05, 0.1) is 18.1 Å². The van der Waals surface area contributed by atoms with Gasteiger partial charge in [-0.1, -0.05) is 20.8 Å². The van der Waals surface area contributed by atoms with Crippen molar-refractivity contribution in [3.8, 4) is 5.69 Å². The van der Waals surface area contributed by atoms with E-state index in [1.165, 1.54) is 5.56 Å². The summed E-state index contributed by atoms with van der Waals surface area (Å²) in [6, 6.07) is 3.92. The van der Waals surface area contributed by atoms with E-state index in [9.17, 15) is 0 Å². The first-order valence-corrected chi connectivity index (χ1v) is 5.59. The summed E-state index contributed by atoms with van der Waals surface area (Å²) in [5, 5.41) is 4.38. The van der Waals surface area contributed by atoms with Gasteiger partial charge in [-0.25, -0.2) is 4.68 Å². The lowest BCUT2D eigenvalue weighted by molar-refractivity contribution is 0.506. The summed E-state index contributed by atoms with van der Waals surface area (Å²) in [6.45, 7) is 6.66. The van der Waals surface area contributed by atoms with Gasteiger partial charge in [0, 0.05) is 12.4 Å². The molecule has 2 heterocycles. The van der Waals surface area contributed by atoms with Crippen LogP contribution < -0.4 is 0 Å². The molecule has 0 aliphatic heterocycles. The van der Waals surface area contributed by atoms with Crippen LogP contribution in [0.25, 0.3) is 5.69 Å². The highest BCUT2D eigenvalue weighted by molar-refractivity contribution is 5.29. The van der Waals surface area contributed by atoms with Crippen molar-refractivity contribution in [1.29, 1.82) is 0 Å². The third-order valence-electron chi connectivity index (χ3n) is 3.16. The smallest absolute Gasteiger partial charge is 0.0828 e. The second kappa shape index (κ2) is 4.08. The van der Waals surface area contributed by atoms with Crippen LogP contribution >= 0.6 is 0 Å². The second-order valence-corrected chi connectivity index (χ2v) is 4.62. The molecule has 84 valence electrons. The largest absolute Gasteiger partial charge is 0.262 e. The van der Waals surface area contributed by atoms with Crippen LogP contribution in [0.5, 0.6) is 0 Å². The molecular formula is C13H17N3. The first-order chi connectivity index (χ1) is 7.63. The highest BCUT2D eigenvalue weighted by Gasteiger charge is 2.19. The number of aromatic nitrogens is 3. The molecule has 0 saturated carbocycles. The third kappa shape index (κ3) is 1.98. The van der Waals surface area contributed by atoms with Gasteiger partial charge in [0.15, 0.2) is 0 Å². The molecule has 0 bridgehead atoms. The van der Waals surface area contributed by atoms with Crippen LogP contribution in [0.3, 0.4) is 0 Å². The van der Waals surface area contributed by atoms with Crippen LogP contribution in [-0.2, 0) is 5.41 Å². The summed E-state index contributed by atoms with van der Waals surface area (Å²) in [5.74, 6) is 0. The van der Waals surface area contributed by atoms with Crippen LogP contribution in [0.4, 0.5) is 0 Å². The molecule has 3 nitrogen and oxygen atoms in total. The molecule has 0 radical (unpaired) electrons. The molecule has 3 heteroatoms. The van der Waals surface area contributed by atoms with Crippen LogP contribution in [0.15, 0.2) is 36.9 Å². The maximum Gasteiger partial charge on any atom is 0.0828 e. The van der Waals surface area contributed by atoms with Crippen molar-refractivity contribution >= 4 is 0 Å². The van der Waals surface area contributed by atoms with Crippen LogP contribution in [0, 0.1) is 0 Å². The first-order valence-electron chi connectivity index (χ1n) is 5.59. The van der Waals surface area contributed by atoms with Gasteiger partial charge in [0.2, 0.25) is 0 Å². The number of hydrogen-bond donors (Lipinski definition) is 0. The van der Waals surface area contributed by atoms with E-state index in [0.717, 1.165) is 12.1 Å². The van der Waals surface area contributed by atoms with E-state index >= 15 is 0 Å². The number of rotatable bonds is 3. The van der Waals surface area contributed by atoms with Gasteiger partial charge < -0.3 is 0 Å². The van der Waals surface area contributed by atoms with E-state index in [1.807, 2.05) is 29.2 Å². The standard InChI is InChI=1S/C13H17N3/c1-4-13(2,3)11-8-15-16(10-11)12-6-5-7-14-9-12/h5-10H,4H2,1-3H3. The highest BCUT2D eigenvalue weighted by atomic mass is 15.3. The van der Waals surface area contributed by atoms with Crippen molar-refractivity contribution in [2.75, 3.05) is 0 Å². The van der Waals surface area contributed by atoms with Gasteiger partial charge in [-0.05, 0) is 29.5 Å². The van der Waals surface area contributed by atoms with Gasteiger partial charge in [-0.15, -0.1) is 0 Å². The minimum absolute atomic E-state index is 0.181. The molecule has 0 N–H and O–H groups in total. The summed E-state index contributed by atoms with van der Waals surface area (Å²) >= 11 is 0. The van der Waals surface area contributed by atoms with E-state index in [1.54, 1.807) is 6.20 Å². The fraction of sp³-hybridized carbons (Fsp3) is 0.385. The molecule has 2 aromatic heterocycles. The normalized spacial score (nSPS) is 11.7. The summed E-state index contributed by atoms with van der Waals surface area (Å²) in [4.78, 5) is 4.09. The molecule has 2 rings (SSSR count).